The molecule has 1 fully saturated rings. The molecule has 31 heteroatoms. The van der Waals surface area contributed by atoms with E-state index in [4.69, 9.17) is 34.6 Å². The van der Waals surface area contributed by atoms with Crippen LogP contribution in [0.4, 0.5) is 5.82 Å². The molecule has 25 nitrogen and oxygen atoms in total. The molecule has 1 aromatic carbocycles. The van der Waals surface area contributed by atoms with Crippen molar-refractivity contribution in [1.82, 2.24) is 61.5 Å². The molecule has 0 saturated heterocycles. The molecule has 0 spiro atoms. The molecule has 464 valence electrons. The Kier molecular flexibility index (Phi) is 20.2. The van der Waals surface area contributed by atoms with Gasteiger partial charge in [-0.3, -0.25) is 43.3 Å². The number of fused-ring (bicyclic) bond motifs is 14. The van der Waals surface area contributed by atoms with Gasteiger partial charge in [0.05, 0.1) is 48.1 Å². The van der Waals surface area contributed by atoms with E-state index in [1.807, 2.05) is 13.8 Å². The molecule has 0 unspecified atom stereocenters. The quantitative estimate of drug-likeness (QED) is 0.0481. The molecule has 1 aliphatic heterocycles. The van der Waals surface area contributed by atoms with Crippen molar-refractivity contribution in [1.29, 1.82) is 0 Å². The SMILES string of the molecule is CNC(=O)C[C@@H]1NC(=O)c2csc(n2)-c2ccc(-c3nc(N(CCCC(=O)O)C(=O)[C@H]4CC[C@H](C(=O)O)C4)cs3)nc2-c2csc(n2)-c2csc(n2)[C@H]([C@@H](O)c2ccccc2)NC(=O)CNC(=O)c2nc(sc2COC)[C@H](C(C)C)NC(=O)c2nc1sc2C. The fourth-order valence-electron chi connectivity index (χ4n) is 10.1. The molecular formula is C58H59N13O12S6. The van der Waals surface area contributed by atoms with Crippen LogP contribution in [0.2, 0.25) is 0 Å². The van der Waals surface area contributed by atoms with Gasteiger partial charge in [-0.25, -0.2) is 34.9 Å². The average Bonchev–Trinajstić information content (AvgIpc) is 1.83. The first-order valence-electron chi connectivity index (χ1n) is 28.0. The second-order valence-corrected chi connectivity index (χ2v) is 27.0. The number of nitrogens with one attached hydrogen (secondary N) is 5. The van der Waals surface area contributed by atoms with Crippen molar-refractivity contribution in [2.45, 2.75) is 90.1 Å². The summed E-state index contributed by atoms with van der Waals surface area (Å²) in [5.41, 5.74) is 2.35. The summed E-state index contributed by atoms with van der Waals surface area (Å²) in [6.45, 7) is 4.91. The minimum Gasteiger partial charge on any atom is -0.481 e. The number of aryl methyl sites for hydroxylation is 1. The van der Waals surface area contributed by atoms with Crippen molar-refractivity contribution in [3.63, 3.8) is 0 Å². The third-order valence-corrected chi connectivity index (χ3v) is 20.4. The summed E-state index contributed by atoms with van der Waals surface area (Å²) >= 11 is 7.00. The number of anilines is 1. The van der Waals surface area contributed by atoms with E-state index >= 15 is 0 Å². The lowest BCUT2D eigenvalue weighted by Gasteiger charge is -2.23. The van der Waals surface area contributed by atoms with Gasteiger partial charge in [0, 0.05) is 65.0 Å². The van der Waals surface area contributed by atoms with Crippen LogP contribution in [0, 0.1) is 24.7 Å². The molecule has 0 radical (unpaired) electrons. The number of carboxylic acid groups (broad SMARTS) is 2. The Morgan fingerprint density at radius 3 is 2.15 bits per heavy atom. The molecule has 10 bridgehead atoms. The first kappa shape index (κ1) is 63.8. The van der Waals surface area contributed by atoms with Crippen molar-refractivity contribution in [3.8, 4) is 43.4 Å². The number of benzene rings is 1. The Morgan fingerprint density at radius 1 is 0.708 bits per heavy atom. The number of pyridine rings is 1. The number of hydrogen-bond acceptors (Lipinski definition) is 23. The normalized spacial score (nSPS) is 18.5. The van der Waals surface area contributed by atoms with Crippen LogP contribution in [0.15, 0.2) is 64.0 Å². The van der Waals surface area contributed by atoms with E-state index in [9.17, 15) is 53.7 Å². The molecule has 1 aliphatic carbocycles. The van der Waals surface area contributed by atoms with E-state index < -0.39 is 84.1 Å². The lowest BCUT2D eigenvalue weighted by Crippen LogP contribution is -2.40. The predicted molar refractivity (Wildman–Crippen MR) is 335 cm³/mol. The molecule has 2 aliphatic rings. The highest BCUT2D eigenvalue weighted by molar-refractivity contribution is 7.15. The number of methoxy groups -OCH3 is 1. The lowest BCUT2D eigenvalue weighted by molar-refractivity contribution is -0.141. The summed E-state index contributed by atoms with van der Waals surface area (Å²) in [6, 6.07) is 9.26. The predicted octanol–water partition coefficient (Wildman–Crippen LogP) is 8.01. The number of carboxylic acids is 2. The number of ether oxygens (including phenoxy) is 1. The van der Waals surface area contributed by atoms with E-state index in [1.165, 1.54) is 41.7 Å². The monoisotopic (exact) mass is 1320 g/mol. The highest BCUT2D eigenvalue weighted by Crippen LogP contribution is 2.41. The van der Waals surface area contributed by atoms with Crippen LogP contribution >= 0.6 is 68.0 Å². The molecule has 6 amide bonds. The van der Waals surface area contributed by atoms with Gasteiger partial charge in [0.2, 0.25) is 17.7 Å². The van der Waals surface area contributed by atoms with E-state index in [-0.39, 0.29) is 78.6 Å². The van der Waals surface area contributed by atoms with Crippen molar-refractivity contribution in [3.05, 3.63) is 111 Å². The maximum absolute atomic E-state index is 14.4. The number of carbonyl (C=O) groups excluding carboxylic acids is 6. The number of carbonyl (C=O) groups is 8. The molecule has 8 heterocycles. The Hall–Kier alpha value is -8.17. The van der Waals surface area contributed by atoms with Gasteiger partial charge in [-0.05, 0) is 56.2 Å². The van der Waals surface area contributed by atoms with E-state index in [0.717, 1.165) is 45.3 Å². The zero-order valence-electron chi connectivity index (χ0n) is 48.3. The van der Waals surface area contributed by atoms with E-state index in [0.29, 0.717) is 81.5 Å². The highest BCUT2D eigenvalue weighted by atomic mass is 32.1. The number of aliphatic hydroxyl groups is 1. The number of thiazole rings is 6. The average molecular weight is 1320 g/mol. The first-order chi connectivity index (χ1) is 42.8. The van der Waals surface area contributed by atoms with Crippen LogP contribution in [0.1, 0.15) is 138 Å². The molecule has 1 saturated carbocycles. The number of nitrogens with zero attached hydrogens (tertiary/aromatic N) is 8. The van der Waals surface area contributed by atoms with Gasteiger partial charge >= 0.3 is 11.9 Å². The molecule has 6 atom stereocenters. The summed E-state index contributed by atoms with van der Waals surface area (Å²) in [7, 11) is 2.92. The number of rotatable bonds is 15. The molecule has 10 rings (SSSR count). The van der Waals surface area contributed by atoms with Gasteiger partial charge in [0.1, 0.15) is 82.2 Å². The topological polar surface area (TPSA) is 360 Å². The van der Waals surface area contributed by atoms with Crippen LogP contribution in [-0.4, -0.2) is 125 Å². The maximum Gasteiger partial charge on any atom is 0.306 e. The molecular weight excluding hydrogens is 1260 g/mol. The number of aliphatic carboxylic acids is 2. The zero-order chi connectivity index (χ0) is 63.2. The third-order valence-electron chi connectivity index (χ3n) is 14.7. The summed E-state index contributed by atoms with van der Waals surface area (Å²) < 4.78 is 5.45. The summed E-state index contributed by atoms with van der Waals surface area (Å²) in [5.74, 6) is -6.66. The summed E-state index contributed by atoms with van der Waals surface area (Å²) in [6.07, 6.45) is -0.813. The van der Waals surface area contributed by atoms with Crippen LogP contribution < -0.4 is 31.5 Å². The van der Waals surface area contributed by atoms with Crippen LogP contribution in [-0.2, 0) is 35.3 Å². The van der Waals surface area contributed by atoms with Crippen LogP contribution in [0.5, 0.6) is 0 Å². The Morgan fingerprint density at radius 2 is 1.42 bits per heavy atom. The van der Waals surface area contributed by atoms with Crippen molar-refractivity contribution in [2.24, 2.45) is 17.8 Å². The molecule has 7 aromatic heterocycles. The Balaban J connectivity index is 1.05. The summed E-state index contributed by atoms with van der Waals surface area (Å²) in [4.78, 5) is 144. The second-order valence-electron chi connectivity index (χ2n) is 21.2. The van der Waals surface area contributed by atoms with Crippen LogP contribution in [0.25, 0.3) is 43.4 Å². The van der Waals surface area contributed by atoms with Gasteiger partial charge < -0.3 is 46.6 Å². The fraction of sp³-hybridized carbons (Fsp3) is 0.362. The lowest BCUT2D eigenvalue weighted by atomic mass is 10.0. The van der Waals surface area contributed by atoms with Crippen molar-refractivity contribution in [2.75, 3.05) is 32.1 Å². The van der Waals surface area contributed by atoms with E-state index in [1.54, 1.807) is 70.9 Å². The highest BCUT2D eigenvalue weighted by Gasteiger charge is 2.38. The van der Waals surface area contributed by atoms with Crippen molar-refractivity contribution < 1.29 is 58.4 Å². The van der Waals surface area contributed by atoms with Gasteiger partial charge in [0.15, 0.2) is 0 Å². The first-order valence-corrected chi connectivity index (χ1v) is 33.1. The fourth-order valence-corrected chi connectivity index (χ4v) is 15.6. The Labute approximate surface area is 532 Å². The van der Waals surface area contributed by atoms with Crippen LogP contribution in [0.3, 0.4) is 0 Å². The minimum atomic E-state index is -1.31. The maximum atomic E-state index is 14.4. The van der Waals surface area contributed by atoms with Gasteiger partial charge in [-0.2, -0.15) is 0 Å². The zero-order valence-corrected chi connectivity index (χ0v) is 53.2. The minimum absolute atomic E-state index is 0.0104. The second kappa shape index (κ2) is 28.1. The standard InChI is InChI=1S/C58H59N13O12S6/c1-26(2)42-56-70-45(37(89-56)21-83-5)49(78)60-20-40(73)67-46(47(76)28-10-7-6-8-11-28)55-65-36(24-86-55)53-63-34(22-85-53)44-31(51-64-35(23-84-51)48(77)62-33(19-39(72)59-4)54-69-43(27(3)88-54)50(79)68-42)15-16-32(61-44)52-66-38(25-87-52)71(17-9-12-41(74)75)57(80)29-13-14-30(18-29)58(81)82/h6-8,10-11,15-16,22-26,29-30,33,42,46-47,76H,9,12-14,17-21H2,1-5H3,(H,59,72)(H,60,78)(H,62,77)(H,67,73)(H,68,79)(H,74,75)(H,81,82)/t29-,30-,33-,42-,46-,47-/m0/s1. The largest absolute Gasteiger partial charge is 0.481 e. The summed E-state index contributed by atoms with van der Waals surface area (Å²) in [5, 5.41) is 54.0. The van der Waals surface area contributed by atoms with E-state index in [2.05, 4.69) is 31.6 Å². The number of amides is 6. The van der Waals surface area contributed by atoms with Crippen molar-refractivity contribution >= 4 is 121 Å². The molecule has 8 aromatic rings. The van der Waals surface area contributed by atoms with Gasteiger partial charge in [-0.1, -0.05) is 44.2 Å². The Bertz CT molecular complexity index is 3970. The number of hydrogen-bond donors (Lipinski definition) is 8. The number of aliphatic hydroxyl groups excluding tert-OH is 1. The van der Waals surface area contributed by atoms with Gasteiger partial charge in [-0.15, -0.1) is 68.0 Å². The smallest absolute Gasteiger partial charge is 0.306 e. The molecule has 8 N–H and O–H groups in total. The number of aromatic nitrogens is 7. The molecule has 89 heavy (non-hydrogen) atoms. The van der Waals surface area contributed by atoms with Gasteiger partial charge in [0.25, 0.3) is 17.7 Å². The third kappa shape index (κ3) is 14.6.